The second-order valence-corrected chi connectivity index (χ2v) is 4.29. The maximum absolute atomic E-state index is 11.9. The maximum atomic E-state index is 11.9. The molecule has 2 rings (SSSR count). The van der Waals surface area contributed by atoms with Crippen LogP contribution < -0.4 is 15.4 Å². The molecule has 0 saturated heterocycles. The molecular weight excluding hydrogens is 288 g/mol. The van der Waals surface area contributed by atoms with Gasteiger partial charge in [0.15, 0.2) is 5.75 Å². The summed E-state index contributed by atoms with van der Waals surface area (Å²) < 4.78 is 5.10. The van der Waals surface area contributed by atoms with E-state index in [1.807, 2.05) is 0 Å². The van der Waals surface area contributed by atoms with Crippen LogP contribution in [0.1, 0.15) is 10.4 Å². The van der Waals surface area contributed by atoms with E-state index < -0.39 is 17.7 Å². The van der Waals surface area contributed by atoms with Gasteiger partial charge in [-0.3, -0.25) is 0 Å². The first-order valence-electron chi connectivity index (χ1n) is 6.29. The molecule has 2 aromatic carbocycles. The predicted molar refractivity (Wildman–Crippen MR) is 80.7 cm³/mol. The average molecular weight is 302 g/mol. The monoisotopic (exact) mass is 302 g/mol. The van der Waals surface area contributed by atoms with Crippen molar-refractivity contribution in [2.75, 3.05) is 17.7 Å². The lowest BCUT2D eigenvalue weighted by Gasteiger charge is -2.12. The highest BCUT2D eigenvalue weighted by Gasteiger charge is 2.15. The summed E-state index contributed by atoms with van der Waals surface area (Å²) in [4.78, 5) is 22.9. The number of benzene rings is 2. The van der Waals surface area contributed by atoms with E-state index in [0.717, 1.165) is 0 Å². The predicted octanol–water partition coefficient (Wildman–Crippen LogP) is 2.74. The number of para-hydroxylation sites is 3. The van der Waals surface area contributed by atoms with Gasteiger partial charge in [-0.15, -0.1) is 0 Å². The minimum atomic E-state index is -1.29. The van der Waals surface area contributed by atoms with Crippen LogP contribution in [0.4, 0.5) is 16.2 Å². The number of rotatable bonds is 4. The van der Waals surface area contributed by atoms with E-state index in [4.69, 9.17) is 9.84 Å². The van der Waals surface area contributed by atoms with Crippen molar-refractivity contribution in [3.8, 4) is 11.5 Å². The van der Waals surface area contributed by atoms with Crippen molar-refractivity contribution in [1.82, 2.24) is 0 Å². The van der Waals surface area contributed by atoms with Gasteiger partial charge in [0, 0.05) is 0 Å². The number of aromatic hydroxyl groups is 1. The van der Waals surface area contributed by atoms with Crippen molar-refractivity contribution >= 4 is 23.4 Å². The van der Waals surface area contributed by atoms with E-state index in [1.165, 1.54) is 25.3 Å². The number of ether oxygens (including phenoxy) is 1. The molecule has 4 N–H and O–H groups in total. The smallest absolute Gasteiger partial charge is 0.339 e. The van der Waals surface area contributed by atoms with Crippen LogP contribution in [0.3, 0.4) is 0 Å². The number of carboxylic acid groups (broad SMARTS) is 1. The molecule has 0 unspecified atom stereocenters. The molecule has 0 atom stereocenters. The molecule has 0 heterocycles. The molecule has 0 aliphatic heterocycles. The summed E-state index contributed by atoms with van der Waals surface area (Å²) in [6.07, 6.45) is 0. The molecule has 7 nitrogen and oxygen atoms in total. The van der Waals surface area contributed by atoms with Gasteiger partial charge in [0.25, 0.3) is 0 Å². The Morgan fingerprint density at radius 1 is 1.00 bits per heavy atom. The van der Waals surface area contributed by atoms with E-state index in [-0.39, 0.29) is 11.3 Å². The lowest BCUT2D eigenvalue weighted by molar-refractivity contribution is 0.0694. The average Bonchev–Trinajstić information content (AvgIpc) is 2.49. The first kappa shape index (κ1) is 15.2. The molecule has 0 bridgehead atoms. The standard InChI is InChI=1S/C15H14N2O5/c1-22-12-8-3-2-6-10(12)16-15(21)17-11-7-4-5-9(13(11)18)14(19)20/h2-8,18H,1H3,(H,19,20)(H2,16,17,21). The van der Waals surface area contributed by atoms with Crippen LogP contribution in [-0.2, 0) is 0 Å². The summed E-state index contributed by atoms with van der Waals surface area (Å²) >= 11 is 0. The molecule has 2 aromatic rings. The molecule has 0 aliphatic rings. The van der Waals surface area contributed by atoms with Crippen molar-refractivity contribution in [1.29, 1.82) is 0 Å². The summed E-state index contributed by atoms with van der Waals surface area (Å²) in [7, 11) is 1.47. The van der Waals surface area contributed by atoms with Gasteiger partial charge in [-0.2, -0.15) is 0 Å². The lowest BCUT2D eigenvalue weighted by atomic mass is 10.1. The molecule has 0 aliphatic carbocycles. The first-order valence-corrected chi connectivity index (χ1v) is 6.29. The van der Waals surface area contributed by atoms with Gasteiger partial charge < -0.3 is 25.6 Å². The zero-order valence-corrected chi connectivity index (χ0v) is 11.7. The Hall–Kier alpha value is -3.22. The van der Waals surface area contributed by atoms with Crippen LogP contribution in [0.2, 0.25) is 0 Å². The SMILES string of the molecule is COc1ccccc1NC(=O)Nc1cccc(C(=O)O)c1O. The third-order valence-corrected chi connectivity index (χ3v) is 2.87. The van der Waals surface area contributed by atoms with Gasteiger partial charge in [0.05, 0.1) is 18.5 Å². The molecule has 0 radical (unpaired) electrons. The van der Waals surface area contributed by atoms with Gasteiger partial charge >= 0.3 is 12.0 Å². The van der Waals surface area contributed by atoms with Gasteiger partial charge in [0.1, 0.15) is 11.3 Å². The number of carboxylic acids is 1. The lowest BCUT2D eigenvalue weighted by Crippen LogP contribution is -2.20. The second-order valence-electron chi connectivity index (χ2n) is 4.29. The van der Waals surface area contributed by atoms with E-state index in [9.17, 15) is 14.7 Å². The Labute approximate surface area is 126 Å². The highest BCUT2D eigenvalue weighted by Crippen LogP contribution is 2.28. The normalized spacial score (nSPS) is 9.86. The molecule has 7 heteroatoms. The number of hydrogen-bond donors (Lipinski definition) is 4. The van der Waals surface area contributed by atoms with Gasteiger partial charge in [-0.05, 0) is 24.3 Å². The molecule has 22 heavy (non-hydrogen) atoms. The Morgan fingerprint density at radius 2 is 1.64 bits per heavy atom. The summed E-state index contributed by atoms with van der Waals surface area (Å²) in [6.45, 7) is 0. The summed E-state index contributed by atoms with van der Waals surface area (Å²) in [6, 6.07) is 10.2. The zero-order chi connectivity index (χ0) is 16.1. The van der Waals surface area contributed by atoms with E-state index in [1.54, 1.807) is 24.3 Å². The van der Waals surface area contributed by atoms with Crippen molar-refractivity contribution < 1.29 is 24.5 Å². The van der Waals surface area contributed by atoms with Crippen LogP contribution in [0.25, 0.3) is 0 Å². The topological polar surface area (TPSA) is 108 Å². The molecule has 0 spiro atoms. The molecule has 0 aromatic heterocycles. The van der Waals surface area contributed by atoms with Crippen molar-refractivity contribution in [3.05, 3.63) is 48.0 Å². The number of aromatic carboxylic acids is 1. The number of nitrogens with one attached hydrogen (secondary N) is 2. The molecule has 2 amide bonds. The summed E-state index contributed by atoms with van der Waals surface area (Å²) in [5.41, 5.74) is 0.138. The number of carbonyl (C=O) groups is 2. The van der Waals surface area contributed by atoms with Gasteiger partial charge in [-0.1, -0.05) is 18.2 Å². The largest absolute Gasteiger partial charge is 0.505 e. The van der Waals surface area contributed by atoms with Crippen LogP contribution in [0, 0.1) is 0 Å². The van der Waals surface area contributed by atoms with Crippen LogP contribution in [0.15, 0.2) is 42.5 Å². The fraction of sp³-hybridized carbons (Fsp3) is 0.0667. The molecule has 0 saturated carbocycles. The fourth-order valence-electron chi connectivity index (χ4n) is 1.84. The van der Waals surface area contributed by atoms with E-state index in [2.05, 4.69) is 10.6 Å². The van der Waals surface area contributed by atoms with Crippen molar-refractivity contribution in [2.45, 2.75) is 0 Å². The van der Waals surface area contributed by atoms with Crippen molar-refractivity contribution in [3.63, 3.8) is 0 Å². The minimum Gasteiger partial charge on any atom is -0.505 e. The quantitative estimate of drug-likeness (QED) is 0.649. The summed E-state index contributed by atoms with van der Waals surface area (Å²) in [5, 5.41) is 23.7. The minimum absolute atomic E-state index is 0.00713. The third kappa shape index (κ3) is 3.26. The Bertz CT molecular complexity index is 715. The Morgan fingerprint density at radius 3 is 2.32 bits per heavy atom. The first-order chi connectivity index (χ1) is 10.5. The van der Waals surface area contributed by atoms with E-state index in [0.29, 0.717) is 11.4 Å². The van der Waals surface area contributed by atoms with E-state index >= 15 is 0 Å². The Kier molecular flexibility index (Phi) is 4.47. The maximum Gasteiger partial charge on any atom is 0.339 e. The number of anilines is 2. The highest BCUT2D eigenvalue weighted by molar-refractivity contribution is 6.03. The third-order valence-electron chi connectivity index (χ3n) is 2.87. The molecular formula is C15H14N2O5. The number of phenols is 1. The zero-order valence-electron chi connectivity index (χ0n) is 11.7. The number of methoxy groups -OCH3 is 1. The highest BCUT2D eigenvalue weighted by atomic mass is 16.5. The number of urea groups is 1. The van der Waals surface area contributed by atoms with Crippen LogP contribution >= 0.6 is 0 Å². The molecule has 114 valence electrons. The Balaban J connectivity index is 2.16. The number of amides is 2. The van der Waals surface area contributed by atoms with Gasteiger partial charge in [0.2, 0.25) is 0 Å². The molecule has 0 fully saturated rings. The van der Waals surface area contributed by atoms with Crippen LogP contribution in [0.5, 0.6) is 11.5 Å². The van der Waals surface area contributed by atoms with Gasteiger partial charge in [-0.25, -0.2) is 9.59 Å². The summed E-state index contributed by atoms with van der Waals surface area (Å²) in [5.74, 6) is -1.32. The second kappa shape index (κ2) is 6.49. The van der Waals surface area contributed by atoms with Crippen molar-refractivity contribution in [2.24, 2.45) is 0 Å². The fourth-order valence-corrected chi connectivity index (χ4v) is 1.84. The number of hydrogen-bond acceptors (Lipinski definition) is 4. The van der Waals surface area contributed by atoms with Crippen LogP contribution in [-0.4, -0.2) is 29.3 Å². The number of carbonyl (C=O) groups excluding carboxylic acids is 1.